The highest BCUT2D eigenvalue weighted by molar-refractivity contribution is 6.09. The molecule has 0 fully saturated rings. The van der Waals surface area contributed by atoms with Gasteiger partial charge in [-0.15, -0.1) is 0 Å². The second-order valence-corrected chi connectivity index (χ2v) is 3.87. The molecule has 0 N–H and O–H groups in total. The highest BCUT2D eigenvalue weighted by Gasteiger charge is 2.14. The Bertz CT molecular complexity index is 560. The molecule has 1 aromatic carbocycles. The van der Waals surface area contributed by atoms with Crippen molar-refractivity contribution >= 4 is 5.78 Å². The van der Waals surface area contributed by atoms with Crippen molar-refractivity contribution in [3.63, 3.8) is 0 Å². The van der Waals surface area contributed by atoms with E-state index in [-0.39, 0.29) is 5.78 Å². The van der Waals surface area contributed by atoms with Crippen LogP contribution >= 0.6 is 0 Å². The predicted octanol–water partition coefficient (Wildman–Crippen LogP) is 2.58. The summed E-state index contributed by atoms with van der Waals surface area (Å²) in [5, 5.41) is 4.04. The quantitative estimate of drug-likeness (QED) is 0.762. The molecular weight excluding hydrogens is 219 g/mol. The van der Waals surface area contributed by atoms with Crippen molar-refractivity contribution in [3.05, 3.63) is 53.1 Å². The molecule has 0 aliphatic carbocycles. The maximum Gasteiger partial charge on any atom is 0.196 e. The van der Waals surface area contributed by atoms with Crippen LogP contribution in [0, 0.1) is 12.7 Å². The number of hydrogen-bond acceptors (Lipinski definition) is 2. The van der Waals surface area contributed by atoms with Crippen molar-refractivity contribution in [1.82, 2.24) is 9.78 Å². The Morgan fingerprint density at radius 2 is 2.24 bits per heavy atom. The van der Waals surface area contributed by atoms with E-state index >= 15 is 0 Å². The number of nitrogens with zero attached hydrogens (tertiary/aromatic N) is 2. The van der Waals surface area contributed by atoms with Crippen molar-refractivity contribution in [2.75, 3.05) is 0 Å². The first kappa shape index (κ1) is 11.5. The Hall–Kier alpha value is -1.97. The number of rotatable bonds is 3. The molecule has 2 rings (SSSR count). The summed E-state index contributed by atoms with van der Waals surface area (Å²) in [7, 11) is 0. The summed E-state index contributed by atoms with van der Waals surface area (Å²) in [5.74, 6) is -0.594. The van der Waals surface area contributed by atoms with Crippen molar-refractivity contribution in [2.45, 2.75) is 20.4 Å². The SMILES string of the molecule is CCn1cc(C(=O)c2cc(F)ccc2C)cn1. The molecule has 0 radical (unpaired) electrons. The van der Waals surface area contributed by atoms with E-state index in [0.717, 1.165) is 5.56 Å². The smallest absolute Gasteiger partial charge is 0.196 e. The van der Waals surface area contributed by atoms with Gasteiger partial charge in [0.25, 0.3) is 0 Å². The van der Waals surface area contributed by atoms with Crippen molar-refractivity contribution < 1.29 is 9.18 Å². The zero-order chi connectivity index (χ0) is 12.4. The highest BCUT2D eigenvalue weighted by Crippen LogP contribution is 2.15. The number of benzene rings is 1. The van der Waals surface area contributed by atoms with Crippen LogP contribution in [0.2, 0.25) is 0 Å². The molecule has 0 bridgehead atoms. The summed E-state index contributed by atoms with van der Waals surface area (Å²) in [6.45, 7) is 4.43. The Labute approximate surface area is 98.9 Å². The van der Waals surface area contributed by atoms with Gasteiger partial charge >= 0.3 is 0 Å². The van der Waals surface area contributed by atoms with Crippen LogP contribution in [-0.2, 0) is 6.54 Å². The van der Waals surface area contributed by atoms with Crippen LogP contribution in [0.15, 0.2) is 30.6 Å². The lowest BCUT2D eigenvalue weighted by Crippen LogP contribution is -2.03. The molecule has 0 unspecified atom stereocenters. The monoisotopic (exact) mass is 232 g/mol. The van der Waals surface area contributed by atoms with Gasteiger partial charge < -0.3 is 0 Å². The van der Waals surface area contributed by atoms with Gasteiger partial charge in [0.2, 0.25) is 0 Å². The average Bonchev–Trinajstić information content (AvgIpc) is 2.80. The minimum atomic E-state index is -0.401. The van der Waals surface area contributed by atoms with Gasteiger partial charge in [0.1, 0.15) is 5.82 Å². The normalized spacial score (nSPS) is 10.5. The lowest BCUT2D eigenvalue weighted by molar-refractivity contribution is 0.103. The van der Waals surface area contributed by atoms with Crippen molar-refractivity contribution in [3.8, 4) is 0 Å². The third kappa shape index (κ3) is 2.25. The van der Waals surface area contributed by atoms with Crippen LogP contribution in [0.4, 0.5) is 4.39 Å². The van der Waals surface area contributed by atoms with E-state index in [2.05, 4.69) is 5.10 Å². The standard InChI is InChI=1S/C13H13FN2O/c1-3-16-8-10(7-15-16)13(17)12-6-11(14)5-4-9(12)2/h4-8H,3H2,1-2H3. The molecule has 0 spiro atoms. The van der Waals surface area contributed by atoms with Crippen LogP contribution in [0.3, 0.4) is 0 Å². The van der Waals surface area contributed by atoms with Gasteiger partial charge in [-0.2, -0.15) is 5.10 Å². The van der Waals surface area contributed by atoms with E-state index < -0.39 is 5.82 Å². The molecule has 0 atom stereocenters. The first-order valence-corrected chi connectivity index (χ1v) is 5.45. The van der Waals surface area contributed by atoms with E-state index in [1.807, 2.05) is 6.92 Å². The minimum Gasteiger partial charge on any atom is -0.288 e. The molecule has 0 saturated carbocycles. The van der Waals surface area contributed by atoms with E-state index in [1.165, 1.54) is 18.3 Å². The molecule has 4 heteroatoms. The highest BCUT2D eigenvalue weighted by atomic mass is 19.1. The maximum absolute atomic E-state index is 13.1. The van der Waals surface area contributed by atoms with Gasteiger partial charge in [0, 0.05) is 18.3 Å². The summed E-state index contributed by atoms with van der Waals surface area (Å²) < 4.78 is 14.8. The van der Waals surface area contributed by atoms with Gasteiger partial charge in [-0.1, -0.05) is 6.07 Å². The molecule has 88 valence electrons. The number of hydrogen-bond donors (Lipinski definition) is 0. The van der Waals surface area contributed by atoms with Gasteiger partial charge in [-0.3, -0.25) is 9.48 Å². The van der Waals surface area contributed by atoms with Gasteiger partial charge in [-0.05, 0) is 31.5 Å². The second kappa shape index (κ2) is 4.49. The van der Waals surface area contributed by atoms with Gasteiger partial charge in [0.15, 0.2) is 5.78 Å². The first-order valence-electron chi connectivity index (χ1n) is 5.45. The summed E-state index contributed by atoms with van der Waals surface area (Å²) in [6, 6.07) is 4.22. The average molecular weight is 232 g/mol. The molecule has 3 nitrogen and oxygen atoms in total. The van der Waals surface area contributed by atoms with Crippen LogP contribution in [0.5, 0.6) is 0 Å². The van der Waals surface area contributed by atoms with E-state index in [1.54, 1.807) is 23.9 Å². The molecule has 17 heavy (non-hydrogen) atoms. The summed E-state index contributed by atoms with van der Waals surface area (Å²) in [4.78, 5) is 12.1. The zero-order valence-electron chi connectivity index (χ0n) is 9.77. The van der Waals surface area contributed by atoms with Crippen LogP contribution in [-0.4, -0.2) is 15.6 Å². The summed E-state index contributed by atoms with van der Waals surface area (Å²) >= 11 is 0. The predicted molar refractivity (Wildman–Crippen MR) is 62.5 cm³/mol. The van der Waals surface area contributed by atoms with Gasteiger partial charge in [-0.25, -0.2) is 4.39 Å². The third-order valence-electron chi connectivity index (χ3n) is 2.66. The number of carbonyl (C=O) groups is 1. The fourth-order valence-electron chi connectivity index (χ4n) is 1.65. The van der Waals surface area contributed by atoms with Crippen molar-refractivity contribution in [2.24, 2.45) is 0 Å². The van der Waals surface area contributed by atoms with Crippen molar-refractivity contribution in [1.29, 1.82) is 0 Å². The third-order valence-corrected chi connectivity index (χ3v) is 2.66. The summed E-state index contributed by atoms with van der Waals surface area (Å²) in [6.07, 6.45) is 3.18. The number of ketones is 1. The molecule has 0 aliphatic heterocycles. The Morgan fingerprint density at radius 1 is 1.47 bits per heavy atom. The molecule has 1 aromatic heterocycles. The van der Waals surface area contributed by atoms with Crippen LogP contribution in [0.25, 0.3) is 0 Å². The molecular formula is C13H13FN2O. The lowest BCUT2D eigenvalue weighted by Gasteiger charge is -2.02. The zero-order valence-corrected chi connectivity index (χ0v) is 9.77. The van der Waals surface area contributed by atoms with Gasteiger partial charge in [0.05, 0.1) is 11.8 Å². The Morgan fingerprint density at radius 3 is 2.88 bits per heavy atom. The molecule has 0 saturated heterocycles. The molecule has 0 amide bonds. The largest absolute Gasteiger partial charge is 0.288 e. The van der Waals surface area contributed by atoms with Crippen LogP contribution in [0.1, 0.15) is 28.4 Å². The summed E-state index contributed by atoms with van der Waals surface area (Å²) in [5.41, 5.74) is 1.64. The maximum atomic E-state index is 13.1. The Balaban J connectivity index is 2.39. The first-order chi connectivity index (χ1) is 8.11. The molecule has 2 aromatic rings. The number of aryl methyl sites for hydroxylation is 2. The second-order valence-electron chi connectivity index (χ2n) is 3.87. The Kier molecular flexibility index (Phi) is 3.04. The number of aromatic nitrogens is 2. The topological polar surface area (TPSA) is 34.9 Å². The minimum absolute atomic E-state index is 0.193. The lowest BCUT2D eigenvalue weighted by atomic mass is 10.0. The fraction of sp³-hybridized carbons (Fsp3) is 0.231. The van der Waals surface area contributed by atoms with E-state index in [9.17, 15) is 9.18 Å². The van der Waals surface area contributed by atoms with Crippen LogP contribution < -0.4 is 0 Å². The molecule has 1 heterocycles. The number of halogens is 1. The number of carbonyl (C=O) groups excluding carboxylic acids is 1. The fourth-order valence-corrected chi connectivity index (χ4v) is 1.65. The van der Waals surface area contributed by atoms with E-state index in [0.29, 0.717) is 17.7 Å². The molecule has 0 aliphatic rings. The van der Waals surface area contributed by atoms with E-state index in [4.69, 9.17) is 0 Å².